The summed E-state index contributed by atoms with van der Waals surface area (Å²) >= 11 is 0. The van der Waals surface area contributed by atoms with Crippen molar-refractivity contribution in [1.29, 1.82) is 0 Å². The van der Waals surface area contributed by atoms with Crippen molar-refractivity contribution in [3.63, 3.8) is 0 Å². The van der Waals surface area contributed by atoms with Crippen LogP contribution in [0.4, 0.5) is 0 Å². The lowest BCUT2D eigenvalue weighted by Crippen LogP contribution is -2.48. The average molecular weight is 317 g/mol. The highest BCUT2D eigenvalue weighted by atomic mass is 16.5. The van der Waals surface area contributed by atoms with Crippen LogP contribution >= 0.6 is 0 Å². The van der Waals surface area contributed by atoms with E-state index in [4.69, 9.17) is 10.5 Å². The molecule has 0 radical (unpaired) electrons. The van der Waals surface area contributed by atoms with Gasteiger partial charge in [-0.05, 0) is 30.9 Å². The number of ether oxygens (including phenoxy) is 1. The highest BCUT2D eigenvalue weighted by Crippen LogP contribution is 2.29. The second-order valence-corrected chi connectivity index (χ2v) is 6.35. The Bertz CT molecular complexity index is 567. The van der Waals surface area contributed by atoms with Gasteiger partial charge in [0.05, 0.1) is 18.3 Å². The number of nitrogens with two attached hydrogens (primary N) is 1. The van der Waals surface area contributed by atoms with Crippen molar-refractivity contribution in [2.75, 3.05) is 19.7 Å². The zero-order valence-electron chi connectivity index (χ0n) is 13.2. The summed E-state index contributed by atoms with van der Waals surface area (Å²) < 4.78 is 5.91. The Morgan fingerprint density at radius 1 is 1.22 bits per heavy atom. The molecule has 2 heterocycles. The van der Waals surface area contributed by atoms with Gasteiger partial charge >= 0.3 is 0 Å². The third kappa shape index (κ3) is 3.69. The lowest BCUT2D eigenvalue weighted by molar-refractivity contribution is -0.0562. The second kappa shape index (κ2) is 7.08. The predicted molar refractivity (Wildman–Crippen MR) is 85.0 cm³/mol. The average Bonchev–Trinajstić information content (AvgIpc) is 2.62. The molecule has 1 saturated heterocycles. The molecule has 1 aromatic rings. The van der Waals surface area contributed by atoms with Crippen molar-refractivity contribution in [3.05, 3.63) is 29.6 Å². The van der Waals surface area contributed by atoms with E-state index < -0.39 is 5.91 Å². The molecular weight excluding hydrogens is 294 g/mol. The van der Waals surface area contributed by atoms with Gasteiger partial charge in [-0.2, -0.15) is 0 Å². The first-order chi connectivity index (χ1) is 11.1. The molecule has 6 nitrogen and oxygen atoms in total. The molecule has 2 aliphatic rings. The number of primary amides is 1. The molecular formula is C17H23N3O3. The number of hydrogen-bond donors (Lipinski definition) is 1. The fraction of sp³-hybridized carbons (Fsp3) is 0.588. The third-order valence-electron chi connectivity index (χ3n) is 4.82. The summed E-state index contributed by atoms with van der Waals surface area (Å²) in [6, 6.07) is 3.11. The number of carbonyl (C=O) groups excluding carboxylic acids is 2. The van der Waals surface area contributed by atoms with Gasteiger partial charge in [-0.1, -0.05) is 19.3 Å². The number of amides is 2. The number of hydrogen-bond acceptors (Lipinski definition) is 4. The van der Waals surface area contributed by atoms with E-state index in [9.17, 15) is 9.59 Å². The standard InChI is InChI=1S/C17H23N3O3/c18-16(21)14-7-6-13(10-19-14)17(22)20-8-9-23-15(11-20)12-4-2-1-3-5-12/h6-7,10,12,15H,1-5,8-9,11H2,(H2,18,21). The van der Waals surface area contributed by atoms with Gasteiger partial charge in [-0.15, -0.1) is 0 Å². The van der Waals surface area contributed by atoms with E-state index in [-0.39, 0.29) is 17.7 Å². The molecule has 23 heavy (non-hydrogen) atoms. The van der Waals surface area contributed by atoms with Crippen LogP contribution in [0.3, 0.4) is 0 Å². The second-order valence-electron chi connectivity index (χ2n) is 6.35. The van der Waals surface area contributed by atoms with E-state index in [1.807, 2.05) is 4.90 Å². The number of aromatic nitrogens is 1. The molecule has 3 rings (SSSR count). The van der Waals surface area contributed by atoms with Crippen LogP contribution < -0.4 is 5.73 Å². The molecule has 0 spiro atoms. The highest BCUT2D eigenvalue weighted by molar-refractivity contribution is 5.95. The molecule has 2 amide bonds. The molecule has 2 N–H and O–H groups in total. The van der Waals surface area contributed by atoms with Crippen molar-refractivity contribution in [2.24, 2.45) is 11.7 Å². The van der Waals surface area contributed by atoms with Crippen molar-refractivity contribution in [1.82, 2.24) is 9.88 Å². The fourth-order valence-corrected chi connectivity index (χ4v) is 3.50. The van der Waals surface area contributed by atoms with Crippen molar-refractivity contribution >= 4 is 11.8 Å². The molecule has 6 heteroatoms. The SMILES string of the molecule is NC(=O)c1ccc(C(=O)N2CCOC(C3CCCCC3)C2)cn1. The van der Waals surface area contributed by atoms with Gasteiger partial charge in [0.1, 0.15) is 5.69 Å². The summed E-state index contributed by atoms with van der Waals surface area (Å²) in [5, 5.41) is 0. The molecule has 0 bridgehead atoms. The van der Waals surface area contributed by atoms with E-state index in [1.54, 1.807) is 6.07 Å². The van der Waals surface area contributed by atoms with E-state index in [1.165, 1.54) is 44.4 Å². The zero-order chi connectivity index (χ0) is 16.2. The Labute approximate surface area is 136 Å². The van der Waals surface area contributed by atoms with Gasteiger partial charge in [0.25, 0.3) is 11.8 Å². The van der Waals surface area contributed by atoms with Crippen molar-refractivity contribution in [2.45, 2.75) is 38.2 Å². The normalized spacial score (nSPS) is 22.8. The smallest absolute Gasteiger partial charge is 0.267 e. The zero-order valence-corrected chi connectivity index (χ0v) is 13.2. The topological polar surface area (TPSA) is 85.5 Å². The Balaban J connectivity index is 1.65. The van der Waals surface area contributed by atoms with E-state index in [2.05, 4.69) is 4.98 Å². The van der Waals surface area contributed by atoms with Crippen LogP contribution in [0.1, 0.15) is 53.0 Å². The maximum absolute atomic E-state index is 12.6. The minimum atomic E-state index is -0.590. The van der Waals surface area contributed by atoms with Gasteiger partial charge < -0.3 is 15.4 Å². The Hall–Kier alpha value is -1.95. The number of carbonyl (C=O) groups is 2. The number of morpholine rings is 1. The quantitative estimate of drug-likeness (QED) is 0.917. The van der Waals surface area contributed by atoms with Gasteiger partial charge in [-0.3, -0.25) is 14.6 Å². The molecule has 1 aromatic heterocycles. The number of nitrogens with zero attached hydrogens (tertiary/aromatic N) is 2. The minimum absolute atomic E-state index is 0.0578. The van der Waals surface area contributed by atoms with Gasteiger partial charge in [0.15, 0.2) is 0 Å². The summed E-state index contributed by atoms with van der Waals surface area (Å²) in [7, 11) is 0. The largest absolute Gasteiger partial charge is 0.374 e. The summed E-state index contributed by atoms with van der Waals surface area (Å²) in [5.41, 5.74) is 5.83. The molecule has 1 atom stereocenters. The predicted octanol–water partition coefficient (Wildman–Crippen LogP) is 1.60. The van der Waals surface area contributed by atoms with Gasteiger partial charge in [0.2, 0.25) is 0 Å². The fourth-order valence-electron chi connectivity index (χ4n) is 3.50. The summed E-state index contributed by atoms with van der Waals surface area (Å²) in [6.07, 6.45) is 7.79. The molecule has 2 fully saturated rings. The maximum Gasteiger partial charge on any atom is 0.267 e. The van der Waals surface area contributed by atoms with Crippen LogP contribution in [0.25, 0.3) is 0 Å². The lowest BCUT2D eigenvalue weighted by Gasteiger charge is -2.38. The third-order valence-corrected chi connectivity index (χ3v) is 4.82. The first kappa shape index (κ1) is 15.9. The van der Waals surface area contributed by atoms with Crippen LogP contribution in [0.5, 0.6) is 0 Å². The van der Waals surface area contributed by atoms with Crippen LogP contribution in [0, 0.1) is 5.92 Å². The Morgan fingerprint density at radius 3 is 2.65 bits per heavy atom. The van der Waals surface area contributed by atoms with Gasteiger partial charge in [-0.25, -0.2) is 0 Å². The lowest BCUT2D eigenvalue weighted by atomic mass is 9.84. The van der Waals surface area contributed by atoms with Crippen LogP contribution in [-0.4, -0.2) is 47.5 Å². The Morgan fingerprint density at radius 2 is 2.00 bits per heavy atom. The van der Waals surface area contributed by atoms with Crippen LogP contribution in [0.2, 0.25) is 0 Å². The van der Waals surface area contributed by atoms with Crippen LogP contribution in [0.15, 0.2) is 18.3 Å². The summed E-state index contributed by atoms with van der Waals surface area (Å²) in [5.74, 6) is -0.0833. The monoisotopic (exact) mass is 317 g/mol. The molecule has 1 aliphatic carbocycles. The molecule has 1 unspecified atom stereocenters. The van der Waals surface area contributed by atoms with Gasteiger partial charge in [0, 0.05) is 19.3 Å². The summed E-state index contributed by atoms with van der Waals surface area (Å²) in [6.45, 7) is 1.82. The molecule has 1 saturated carbocycles. The minimum Gasteiger partial charge on any atom is -0.374 e. The van der Waals surface area contributed by atoms with Crippen LogP contribution in [-0.2, 0) is 4.74 Å². The van der Waals surface area contributed by atoms with Crippen molar-refractivity contribution < 1.29 is 14.3 Å². The van der Waals surface area contributed by atoms with E-state index in [0.29, 0.717) is 31.2 Å². The van der Waals surface area contributed by atoms with E-state index >= 15 is 0 Å². The summed E-state index contributed by atoms with van der Waals surface area (Å²) in [4.78, 5) is 29.5. The highest BCUT2D eigenvalue weighted by Gasteiger charge is 2.31. The molecule has 124 valence electrons. The Kier molecular flexibility index (Phi) is 4.91. The first-order valence-electron chi connectivity index (χ1n) is 8.32. The van der Waals surface area contributed by atoms with Crippen molar-refractivity contribution in [3.8, 4) is 0 Å². The first-order valence-corrected chi connectivity index (χ1v) is 8.32. The number of pyridine rings is 1. The molecule has 1 aliphatic heterocycles. The number of rotatable bonds is 3. The molecule has 0 aromatic carbocycles. The van der Waals surface area contributed by atoms with E-state index in [0.717, 1.165) is 0 Å². The maximum atomic E-state index is 12.6.